The zero-order chi connectivity index (χ0) is 20.6. The van der Waals surface area contributed by atoms with Crippen molar-refractivity contribution in [3.05, 3.63) is 95.5 Å². The van der Waals surface area contributed by atoms with E-state index in [4.69, 9.17) is 0 Å². The Morgan fingerprint density at radius 1 is 1.10 bits per heavy atom. The molecule has 5 nitrogen and oxygen atoms in total. The summed E-state index contributed by atoms with van der Waals surface area (Å²) in [6.07, 6.45) is 1.63. The monoisotopic (exact) mass is 405 g/mol. The molecule has 2 aromatic carbocycles. The molecule has 0 radical (unpaired) electrons. The molecule has 1 aromatic heterocycles. The standard InChI is InChI=1S/C23H23N3O2S/c1-3-14-26(15-20(27)25-23-24-17(2)16-29-23)22(28)21(18-10-6-4-7-11-18)19-12-8-5-9-13-19/h3-13,16,21H,1,14-15H2,2H3,(H,24,25,27). The molecule has 0 fully saturated rings. The Morgan fingerprint density at radius 3 is 2.17 bits per heavy atom. The van der Waals surface area contributed by atoms with Crippen molar-refractivity contribution in [2.45, 2.75) is 12.8 Å². The normalized spacial score (nSPS) is 10.6. The third-order valence-corrected chi connectivity index (χ3v) is 5.25. The van der Waals surface area contributed by atoms with E-state index in [1.165, 1.54) is 16.2 Å². The van der Waals surface area contributed by atoms with Crippen LogP contribution in [0.1, 0.15) is 22.7 Å². The number of aromatic nitrogens is 1. The third-order valence-electron chi connectivity index (χ3n) is 4.37. The van der Waals surface area contributed by atoms with Crippen LogP contribution < -0.4 is 5.32 Å². The van der Waals surface area contributed by atoms with Crippen LogP contribution in [0.3, 0.4) is 0 Å². The fourth-order valence-electron chi connectivity index (χ4n) is 3.08. The summed E-state index contributed by atoms with van der Waals surface area (Å²) < 4.78 is 0. The highest BCUT2D eigenvalue weighted by Crippen LogP contribution is 2.27. The van der Waals surface area contributed by atoms with E-state index in [-0.39, 0.29) is 24.9 Å². The highest BCUT2D eigenvalue weighted by atomic mass is 32.1. The topological polar surface area (TPSA) is 62.3 Å². The van der Waals surface area contributed by atoms with E-state index in [2.05, 4.69) is 16.9 Å². The third kappa shape index (κ3) is 5.39. The molecule has 0 aliphatic heterocycles. The molecule has 148 valence electrons. The number of benzene rings is 2. The first-order valence-electron chi connectivity index (χ1n) is 9.30. The summed E-state index contributed by atoms with van der Waals surface area (Å²) in [4.78, 5) is 31.8. The average Bonchev–Trinajstić information content (AvgIpc) is 3.14. The Hall–Kier alpha value is -3.25. The molecule has 0 aliphatic rings. The number of nitrogens with one attached hydrogen (secondary N) is 1. The summed E-state index contributed by atoms with van der Waals surface area (Å²) in [5.74, 6) is -0.922. The Labute approximate surface area is 174 Å². The van der Waals surface area contributed by atoms with Crippen molar-refractivity contribution in [1.29, 1.82) is 0 Å². The van der Waals surface area contributed by atoms with Gasteiger partial charge in [-0.25, -0.2) is 4.98 Å². The van der Waals surface area contributed by atoms with Crippen LogP contribution in [0, 0.1) is 6.92 Å². The van der Waals surface area contributed by atoms with Gasteiger partial charge in [0.25, 0.3) is 0 Å². The van der Waals surface area contributed by atoms with Gasteiger partial charge in [-0.05, 0) is 18.1 Å². The lowest BCUT2D eigenvalue weighted by Gasteiger charge is -2.26. The first kappa shape index (κ1) is 20.5. The van der Waals surface area contributed by atoms with Crippen LogP contribution in [0.25, 0.3) is 0 Å². The molecule has 3 aromatic rings. The van der Waals surface area contributed by atoms with E-state index in [0.29, 0.717) is 5.13 Å². The summed E-state index contributed by atoms with van der Waals surface area (Å²) in [5.41, 5.74) is 2.61. The first-order valence-corrected chi connectivity index (χ1v) is 10.2. The van der Waals surface area contributed by atoms with Gasteiger partial charge in [-0.3, -0.25) is 9.59 Å². The van der Waals surface area contributed by atoms with E-state index < -0.39 is 5.92 Å². The van der Waals surface area contributed by atoms with Crippen molar-refractivity contribution in [3.63, 3.8) is 0 Å². The molecule has 2 amide bonds. The number of carbonyl (C=O) groups is 2. The van der Waals surface area contributed by atoms with Crippen LogP contribution in [-0.2, 0) is 9.59 Å². The summed E-state index contributed by atoms with van der Waals surface area (Å²) in [5, 5.41) is 5.16. The molecule has 1 N–H and O–H groups in total. The van der Waals surface area contributed by atoms with Crippen LogP contribution in [0.4, 0.5) is 5.13 Å². The van der Waals surface area contributed by atoms with E-state index in [1.807, 2.05) is 73.0 Å². The smallest absolute Gasteiger partial charge is 0.245 e. The lowest BCUT2D eigenvalue weighted by molar-refractivity contribution is -0.134. The molecule has 0 saturated heterocycles. The molecule has 0 bridgehead atoms. The van der Waals surface area contributed by atoms with Gasteiger partial charge in [-0.1, -0.05) is 66.7 Å². The first-order chi connectivity index (χ1) is 14.1. The van der Waals surface area contributed by atoms with Crippen LogP contribution in [0.15, 0.2) is 78.7 Å². The van der Waals surface area contributed by atoms with E-state index in [1.54, 1.807) is 6.08 Å². The van der Waals surface area contributed by atoms with Crippen LogP contribution >= 0.6 is 11.3 Å². The number of anilines is 1. The largest absolute Gasteiger partial charge is 0.329 e. The van der Waals surface area contributed by atoms with Gasteiger partial charge in [-0.15, -0.1) is 17.9 Å². The lowest BCUT2D eigenvalue weighted by Crippen LogP contribution is -2.41. The predicted molar refractivity (Wildman–Crippen MR) is 117 cm³/mol. The maximum atomic E-state index is 13.5. The van der Waals surface area contributed by atoms with Crippen molar-refractivity contribution in [1.82, 2.24) is 9.88 Å². The molecule has 3 rings (SSSR count). The summed E-state index contributed by atoms with van der Waals surface area (Å²) in [6, 6.07) is 19.2. The van der Waals surface area contributed by atoms with E-state index in [0.717, 1.165) is 16.8 Å². The summed E-state index contributed by atoms with van der Waals surface area (Å²) in [6.45, 7) is 5.82. The second kappa shape index (κ2) is 9.80. The Morgan fingerprint density at radius 2 is 1.69 bits per heavy atom. The summed E-state index contributed by atoms with van der Waals surface area (Å²) in [7, 11) is 0. The number of aryl methyl sites for hydroxylation is 1. The highest BCUT2D eigenvalue weighted by molar-refractivity contribution is 7.13. The van der Waals surface area contributed by atoms with Crippen LogP contribution in [0.5, 0.6) is 0 Å². The molecule has 0 spiro atoms. The van der Waals surface area contributed by atoms with Gasteiger partial charge in [0, 0.05) is 11.9 Å². The Balaban J connectivity index is 1.84. The molecular weight excluding hydrogens is 382 g/mol. The van der Waals surface area contributed by atoms with Crippen LogP contribution in [0.2, 0.25) is 0 Å². The lowest BCUT2D eigenvalue weighted by atomic mass is 9.90. The highest BCUT2D eigenvalue weighted by Gasteiger charge is 2.28. The Kier molecular flexibility index (Phi) is 6.92. The number of carbonyl (C=O) groups excluding carboxylic acids is 2. The van der Waals surface area contributed by atoms with Gasteiger partial charge in [0.2, 0.25) is 11.8 Å². The minimum Gasteiger partial charge on any atom is -0.329 e. The zero-order valence-corrected chi connectivity index (χ0v) is 17.1. The van der Waals surface area contributed by atoms with Crippen LogP contribution in [-0.4, -0.2) is 34.8 Å². The van der Waals surface area contributed by atoms with Crippen molar-refractivity contribution in [2.24, 2.45) is 0 Å². The van der Waals surface area contributed by atoms with Gasteiger partial charge in [0.1, 0.15) is 6.54 Å². The molecule has 1 heterocycles. The second-order valence-electron chi connectivity index (χ2n) is 6.60. The number of hydrogen-bond acceptors (Lipinski definition) is 4. The molecule has 0 aliphatic carbocycles. The summed E-state index contributed by atoms with van der Waals surface area (Å²) >= 11 is 1.36. The van der Waals surface area contributed by atoms with Gasteiger partial charge in [0.15, 0.2) is 5.13 Å². The molecule has 29 heavy (non-hydrogen) atoms. The zero-order valence-electron chi connectivity index (χ0n) is 16.2. The minimum atomic E-state index is -0.493. The van der Waals surface area contributed by atoms with Gasteiger partial charge < -0.3 is 10.2 Å². The SMILES string of the molecule is C=CCN(CC(=O)Nc1nc(C)cs1)C(=O)C(c1ccccc1)c1ccccc1. The van der Waals surface area contributed by atoms with Crippen molar-refractivity contribution in [3.8, 4) is 0 Å². The fraction of sp³-hybridized carbons (Fsp3) is 0.174. The second-order valence-corrected chi connectivity index (χ2v) is 7.46. The molecule has 6 heteroatoms. The van der Waals surface area contributed by atoms with E-state index in [9.17, 15) is 9.59 Å². The molecule has 0 atom stereocenters. The Bertz CT molecular complexity index is 931. The predicted octanol–water partition coefficient (Wildman–Crippen LogP) is 4.24. The quantitative estimate of drug-likeness (QED) is 0.570. The van der Waals surface area contributed by atoms with Gasteiger partial charge >= 0.3 is 0 Å². The number of hydrogen-bond donors (Lipinski definition) is 1. The van der Waals surface area contributed by atoms with Gasteiger partial charge in [0.05, 0.1) is 11.6 Å². The minimum absolute atomic E-state index is 0.0698. The number of thiazole rings is 1. The van der Waals surface area contributed by atoms with E-state index >= 15 is 0 Å². The average molecular weight is 406 g/mol. The molecular formula is C23H23N3O2S. The van der Waals surface area contributed by atoms with Gasteiger partial charge in [-0.2, -0.15) is 0 Å². The fourth-order valence-corrected chi connectivity index (χ4v) is 3.79. The molecule has 0 saturated carbocycles. The van der Waals surface area contributed by atoms with Crippen molar-refractivity contribution < 1.29 is 9.59 Å². The molecule has 0 unspecified atom stereocenters. The van der Waals surface area contributed by atoms with Crippen molar-refractivity contribution in [2.75, 3.05) is 18.4 Å². The number of amides is 2. The maximum Gasteiger partial charge on any atom is 0.245 e. The van der Waals surface area contributed by atoms with Crippen molar-refractivity contribution >= 4 is 28.3 Å². The maximum absolute atomic E-state index is 13.5. The number of nitrogens with zero attached hydrogens (tertiary/aromatic N) is 2. The number of rotatable bonds is 8.